The highest BCUT2D eigenvalue weighted by Gasteiger charge is 2.30. The molecule has 0 saturated carbocycles. The molecular weight excluding hydrogens is 399 g/mol. The lowest BCUT2D eigenvalue weighted by atomic mass is 10.1. The standard InChI is InChI=1S/C18H9ClF3N3OS/c19-12-8-27-17-15(12)16(24-9-25-17)11-3-1-2-4-13(11)26-14-6-5-10(7-23-14)18(20,21)22/h1-9H. The van der Waals surface area contributed by atoms with Crippen LogP contribution < -0.4 is 4.74 Å². The van der Waals surface area contributed by atoms with E-state index in [1.165, 1.54) is 23.7 Å². The van der Waals surface area contributed by atoms with Gasteiger partial charge < -0.3 is 4.74 Å². The maximum atomic E-state index is 12.7. The van der Waals surface area contributed by atoms with Crippen LogP contribution in [0.5, 0.6) is 11.6 Å². The molecule has 0 saturated heterocycles. The number of aromatic nitrogens is 3. The number of thiophene rings is 1. The SMILES string of the molecule is FC(F)(F)c1ccc(Oc2ccccc2-c2ncnc3scc(Cl)c23)nc1. The van der Waals surface area contributed by atoms with Gasteiger partial charge in [-0.3, -0.25) is 0 Å². The van der Waals surface area contributed by atoms with Gasteiger partial charge in [0, 0.05) is 23.2 Å². The number of hydrogen-bond acceptors (Lipinski definition) is 5. The van der Waals surface area contributed by atoms with Crippen LogP contribution in [-0.4, -0.2) is 15.0 Å². The van der Waals surface area contributed by atoms with E-state index in [2.05, 4.69) is 15.0 Å². The minimum atomic E-state index is -4.45. The van der Waals surface area contributed by atoms with Gasteiger partial charge in [-0.05, 0) is 18.2 Å². The zero-order valence-corrected chi connectivity index (χ0v) is 14.9. The number of fused-ring (bicyclic) bond motifs is 1. The third-order valence-electron chi connectivity index (χ3n) is 3.75. The molecule has 1 aromatic carbocycles. The molecule has 0 unspecified atom stereocenters. The number of hydrogen-bond donors (Lipinski definition) is 0. The third-order valence-corrected chi connectivity index (χ3v) is 5.06. The zero-order chi connectivity index (χ0) is 19.0. The van der Waals surface area contributed by atoms with E-state index in [4.69, 9.17) is 16.3 Å². The second-order valence-corrected chi connectivity index (χ2v) is 6.73. The molecule has 4 rings (SSSR count). The molecular formula is C18H9ClF3N3OS. The predicted octanol–water partition coefficient (Wildman–Crippen LogP) is 6.22. The largest absolute Gasteiger partial charge is 0.438 e. The summed E-state index contributed by atoms with van der Waals surface area (Å²) in [6.45, 7) is 0. The summed E-state index contributed by atoms with van der Waals surface area (Å²) in [5.41, 5.74) is 0.367. The number of benzene rings is 1. The van der Waals surface area contributed by atoms with Crippen LogP contribution in [0.4, 0.5) is 13.2 Å². The van der Waals surface area contributed by atoms with Crippen LogP contribution in [0.15, 0.2) is 54.3 Å². The van der Waals surface area contributed by atoms with E-state index in [-0.39, 0.29) is 5.88 Å². The van der Waals surface area contributed by atoms with E-state index < -0.39 is 11.7 Å². The molecule has 0 amide bonds. The van der Waals surface area contributed by atoms with E-state index in [9.17, 15) is 13.2 Å². The number of ether oxygens (including phenoxy) is 1. The van der Waals surface area contributed by atoms with E-state index in [0.717, 1.165) is 17.1 Å². The quantitative estimate of drug-likeness (QED) is 0.404. The number of para-hydroxylation sites is 1. The smallest absolute Gasteiger partial charge is 0.417 e. The molecule has 136 valence electrons. The Morgan fingerprint density at radius 3 is 2.56 bits per heavy atom. The average molecular weight is 408 g/mol. The molecule has 9 heteroatoms. The molecule has 0 bridgehead atoms. The number of alkyl halides is 3. The van der Waals surface area contributed by atoms with E-state index >= 15 is 0 Å². The van der Waals surface area contributed by atoms with Gasteiger partial charge in [0.1, 0.15) is 16.9 Å². The lowest BCUT2D eigenvalue weighted by molar-refractivity contribution is -0.137. The van der Waals surface area contributed by atoms with Crippen molar-refractivity contribution in [2.75, 3.05) is 0 Å². The molecule has 0 aliphatic rings. The monoisotopic (exact) mass is 407 g/mol. The fraction of sp³-hybridized carbons (Fsp3) is 0.0556. The van der Waals surface area contributed by atoms with Crippen molar-refractivity contribution in [3.8, 4) is 22.9 Å². The lowest BCUT2D eigenvalue weighted by Gasteiger charge is -2.12. The van der Waals surface area contributed by atoms with Crippen LogP contribution in [0.3, 0.4) is 0 Å². The molecule has 0 fully saturated rings. The molecule has 0 radical (unpaired) electrons. The van der Waals surface area contributed by atoms with E-state index in [0.29, 0.717) is 27.4 Å². The molecule has 4 nitrogen and oxygen atoms in total. The minimum Gasteiger partial charge on any atom is -0.438 e. The first-order chi connectivity index (χ1) is 12.9. The number of rotatable bonds is 3. The molecule has 3 heterocycles. The zero-order valence-electron chi connectivity index (χ0n) is 13.4. The summed E-state index contributed by atoms with van der Waals surface area (Å²) >= 11 is 7.66. The van der Waals surface area contributed by atoms with Crippen LogP contribution >= 0.6 is 22.9 Å². The molecule has 27 heavy (non-hydrogen) atoms. The van der Waals surface area contributed by atoms with Gasteiger partial charge in [-0.2, -0.15) is 13.2 Å². The van der Waals surface area contributed by atoms with Crippen LogP contribution in [0.1, 0.15) is 5.56 Å². The summed E-state index contributed by atoms with van der Waals surface area (Å²) in [7, 11) is 0. The van der Waals surface area contributed by atoms with Crippen molar-refractivity contribution in [3.05, 3.63) is 64.9 Å². The topological polar surface area (TPSA) is 47.9 Å². The van der Waals surface area contributed by atoms with Crippen LogP contribution in [0.25, 0.3) is 21.5 Å². The van der Waals surface area contributed by atoms with Crippen LogP contribution in [0.2, 0.25) is 5.02 Å². The van der Waals surface area contributed by atoms with E-state index in [1.807, 2.05) is 0 Å². The van der Waals surface area contributed by atoms with Gasteiger partial charge in [-0.15, -0.1) is 11.3 Å². The van der Waals surface area contributed by atoms with Gasteiger partial charge in [0.05, 0.1) is 21.7 Å². The maximum Gasteiger partial charge on any atom is 0.417 e. The van der Waals surface area contributed by atoms with Crippen LogP contribution in [0, 0.1) is 0 Å². The fourth-order valence-corrected chi connectivity index (χ4v) is 3.65. The van der Waals surface area contributed by atoms with Gasteiger partial charge in [-0.1, -0.05) is 23.7 Å². The molecule has 0 aliphatic carbocycles. The van der Waals surface area contributed by atoms with Crippen molar-refractivity contribution in [2.24, 2.45) is 0 Å². The normalized spacial score (nSPS) is 11.7. The molecule has 0 spiro atoms. The Balaban J connectivity index is 1.75. The molecule has 0 atom stereocenters. The summed E-state index contributed by atoms with van der Waals surface area (Å²) in [4.78, 5) is 13.0. The highest BCUT2D eigenvalue weighted by atomic mass is 35.5. The average Bonchev–Trinajstić information content (AvgIpc) is 3.03. The highest BCUT2D eigenvalue weighted by Crippen LogP contribution is 2.39. The predicted molar refractivity (Wildman–Crippen MR) is 97.2 cm³/mol. The Hall–Kier alpha value is -2.71. The fourth-order valence-electron chi connectivity index (χ4n) is 2.52. The van der Waals surface area contributed by atoms with Crippen molar-refractivity contribution < 1.29 is 17.9 Å². The first kappa shape index (κ1) is 17.7. The van der Waals surface area contributed by atoms with Crippen molar-refractivity contribution in [2.45, 2.75) is 6.18 Å². The Bertz CT molecular complexity index is 1110. The summed E-state index contributed by atoms with van der Waals surface area (Å²) in [5, 5.41) is 2.99. The lowest BCUT2D eigenvalue weighted by Crippen LogP contribution is -2.05. The molecule has 3 aromatic heterocycles. The molecule has 0 aliphatic heterocycles. The number of nitrogens with zero attached hydrogens (tertiary/aromatic N) is 3. The van der Waals surface area contributed by atoms with E-state index in [1.54, 1.807) is 29.6 Å². The third kappa shape index (κ3) is 3.45. The Kier molecular flexibility index (Phi) is 4.45. The van der Waals surface area contributed by atoms with Gasteiger partial charge in [-0.25, -0.2) is 15.0 Å². The molecule has 4 aromatic rings. The van der Waals surface area contributed by atoms with Crippen molar-refractivity contribution >= 4 is 33.2 Å². The number of halogens is 4. The number of pyridine rings is 1. The second kappa shape index (κ2) is 6.79. The summed E-state index contributed by atoms with van der Waals surface area (Å²) in [6.07, 6.45) is -2.29. The van der Waals surface area contributed by atoms with Gasteiger partial charge in [0.25, 0.3) is 0 Å². The first-order valence-electron chi connectivity index (χ1n) is 7.61. The van der Waals surface area contributed by atoms with Crippen molar-refractivity contribution in [3.63, 3.8) is 0 Å². The van der Waals surface area contributed by atoms with Crippen molar-refractivity contribution in [1.29, 1.82) is 0 Å². The Labute approximate surface area is 160 Å². The minimum absolute atomic E-state index is 0.0390. The maximum absolute atomic E-state index is 12.7. The van der Waals surface area contributed by atoms with Gasteiger partial charge in [0.2, 0.25) is 5.88 Å². The Morgan fingerprint density at radius 1 is 1.00 bits per heavy atom. The summed E-state index contributed by atoms with van der Waals surface area (Å²) in [6, 6.07) is 9.11. The van der Waals surface area contributed by atoms with Gasteiger partial charge in [0.15, 0.2) is 0 Å². The van der Waals surface area contributed by atoms with Crippen LogP contribution in [-0.2, 0) is 6.18 Å². The highest BCUT2D eigenvalue weighted by molar-refractivity contribution is 7.17. The second-order valence-electron chi connectivity index (χ2n) is 5.47. The summed E-state index contributed by atoms with van der Waals surface area (Å²) < 4.78 is 43.8. The summed E-state index contributed by atoms with van der Waals surface area (Å²) in [5.74, 6) is 0.434. The van der Waals surface area contributed by atoms with Gasteiger partial charge >= 0.3 is 6.18 Å². The Morgan fingerprint density at radius 2 is 1.81 bits per heavy atom. The van der Waals surface area contributed by atoms with Crippen molar-refractivity contribution in [1.82, 2.24) is 15.0 Å². The molecule has 0 N–H and O–H groups in total. The first-order valence-corrected chi connectivity index (χ1v) is 8.87.